The van der Waals surface area contributed by atoms with Gasteiger partial charge >= 0.3 is 11.7 Å². The Morgan fingerprint density at radius 3 is 2.63 bits per heavy atom. The van der Waals surface area contributed by atoms with Crippen molar-refractivity contribution in [3.8, 4) is 11.5 Å². The van der Waals surface area contributed by atoms with Crippen LogP contribution < -0.4 is 9.47 Å². The minimum atomic E-state index is -2.07. The molecule has 0 amide bonds. The largest absolute Gasteiger partial charge is 0.490 e. The van der Waals surface area contributed by atoms with Crippen LogP contribution in [-0.2, 0) is 4.79 Å². The quantitative estimate of drug-likeness (QED) is 0.580. The summed E-state index contributed by atoms with van der Waals surface area (Å²) in [6.45, 7) is 0.527. The Kier molecular flexibility index (Phi) is 4.28. The first kappa shape index (κ1) is 14.7. The van der Waals surface area contributed by atoms with Gasteiger partial charge < -0.3 is 19.7 Å². The predicted octanol–water partition coefficient (Wildman–Crippen LogP) is 0.818. The number of hydrogen-bond acceptors (Lipinski definition) is 6. The average Bonchev–Trinajstić information content (AvgIpc) is 2.35. The van der Waals surface area contributed by atoms with Gasteiger partial charge in [-0.1, -0.05) is 0 Å². The third-order valence-electron chi connectivity index (χ3n) is 2.33. The Hall–Kier alpha value is -2.35. The van der Waals surface area contributed by atoms with Gasteiger partial charge in [0.2, 0.25) is 0 Å². The topological polar surface area (TPSA) is 119 Å². The van der Waals surface area contributed by atoms with E-state index in [0.717, 1.165) is 13.0 Å². The number of aliphatic carboxylic acids is 1. The predicted molar refractivity (Wildman–Crippen MR) is 63.4 cm³/mol. The van der Waals surface area contributed by atoms with Gasteiger partial charge in [-0.3, -0.25) is 10.1 Å². The molecule has 104 valence electrons. The number of carbonyl (C=O) groups is 1. The van der Waals surface area contributed by atoms with Crippen molar-refractivity contribution in [3.05, 3.63) is 28.3 Å². The first-order valence-electron chi connectivity index (χ1n) is 5.19. The third kappa shape index (κ3) is 3.55. The highest BCUT2D eigenvalue weighted by atomic mass is 16.6. The van der Waals surface area contributed by atoms with Crippen molar-refractivity contribution in [2.75, 3.05) is 13.7 Å². The fourth-order valence-corrected chi connectivity index (χ4v) is 1.19. The molecule has 2 N–H and O–H groups in total. The molecule has 0 aliphatic rings. The van der Waals surface area contributed by atoms with Crippen LogP contribution in [0.2, 0.25) is 0 Å². The number of nitro benzene ring substituents is 1. The minimum absolute atomic E-state index is 0.0577. The van der Waals surface area contributed by atoms with Crippen LogP contribution in [0.3, 0.4) is 0 Å². The van der Waals surface area contributed by atoms with Crippen molar-refractivity contribution in [3.63, 3.8) is 0 Å². The lowest BCUT2D eigenvalue weighted by Gasteiger charge is -2.18. The summed E-state index contributed by atoms with van der Waals surface area (Å²) in [5, 5.41) is 28.9. The molecule has 0 aromatic heterocycles. The monoisotopic (exact) mass is 271 g/mol. The number of carboxylic acids is 1. The van der Waals surface area contributed by atoms with Crippen LogP contribution in [0.1, 0.15) is 6.92 Å². The molecule has 0 spiro atoms. The zero-order chi connectivity index (χ0) is 14.6. The number of aliphatic hydroxyl groups is 1. The average molecular weight is 271 g/mol. The van der Waals surface area contributed by atoms with E-state index in [-0.39, 0.29) is 17.2 Å². The van der Waals surface area contributed by atoms with Crippen molar-refractivity contribution in [2.45, 2.75) is 12.5 Å². The number of nitro groups is 1. The van der Waals surface area contributed by atoms with E-state index in [2.05, 4.69) is 0 Å². The fraction of sp³-hybridized carbons (Fsp3) is 0.364. The van der Waals surface area contributed by atoms with Crippen LogP contribution in [0.4, 0.5) is 5.69 Å². The lowest BCUT2D eigenvalue weighted by molar-refractivity contribution is -0.385. The maximum atomic E-state index is 10.8. The molecule has 0 radical (unpaired) electrons. The maximum absolute atomic E-state index is 10.8. The first-order valence-corrected chi connectivity index (χ1v) is 5.19. The molecule has 0 heterocycles. The Bertz CT molecular complexity index is 498. The van der Waals surface area contributed by atoms with Gasteiger partial charge in [0.05, 0.1) is 18.1 Å². The van der Waals surface area contributed by atoms with E-state index in [9.17, 15) is 20.0 Å². The molecule has 1 rings (SSSR count). The normalized spacial score (nSPS) is 13.4. The van der Waals surface area contributed by atoms with E-state index in [1.807, 2.05) is 0 Å². The maximum Gasteiger partial charge on any atom is 0.339 e. The summed E-state index contributed by atoms with van der Waals surface area (Å²) in [5.41, 5.74) is -2.38. The summed E-state index contributed by atoms with van der Waals surface area (Å²) >= 11 is 0. The van der Waals surface area contributed by atoms with Crippen molar-refractivity contribution in [1.82, 2.24) is 0 Å². The molecule has 0 fully saturated rings. The summed E-state index contributed by atoms with van der Waals surface area (Å²) in [7, 11) is 1.29. The van der Waals surface area contributed by atoms with Gasteiger partial charge in [-0.05, 0) is 19.1 Å². The number of hydrogen-bond donors (Lipinski definition) is 2. The molecule has 0 aliphatic heterocycles. The zero-order valence-electron chi connectivity index (χ0n) is 10.3. The van der Waals surface area contributed by atoms with Gasteiger partial charge in [0.25, 0.3) is 0 Å². The van der Waals surface area contributed by atoms with Gasteiger partial charge in [0.15, 0.2) is 11.4 Å². The number of carboxylic acid groups (broad SMARTS) is 1. The minimum Gasteiger partial charge on any atom is -0.490 e. The Morgan fingerprint density at radius 1 is 1.53 bits per heavy atom. The first-order chi connectivity index (χ1) is 8.77. The van der Waals surface area contributed by atoms with Crippen molar-refractivity contribution in [2.24, 2.45) is 0 Å². The van der Waals surface area contributed by atoms with Crippen molar-refractivity contribution >= 4 is 11.7 Å². The lowest BCUT2D eigenvalue weighted by atomic mass is 10.1. The molecular formula is C11H13NO7. The highest BCUT2D eigenvalue weighted by Gasteiger charge is 2.31. The lowest BCUT2D eigenvalue weighted by Crippen LogP contribution is -2.41. The van der Waals surface area contributed by atoms with Crippen LogP contribution in [0.15, 0.2) is 18.2 Å². The molecule has 8 heteroatoms. The number of benzene rings is 1. The Balaban J connectivity index is 2.89. The SMILES string of the molecule is COc1ccc(OCC(C)(O)C(=O)O)cc1[N+](=O)[O-]. The number of methoxy groups -OCH3 is 1. The molecule has 0 saturated carbocycles. The van der Waals surface area contributed by atoms with Crippen molar-refractivity contribution in [1.29, 1.82) is 0 Å². The molecular weight excluding hydrogens is 258 g/mol. The van der Waals surface area contributed by atoms with E-state index in [0.29, 0.717) is 0 Å². The molecule has 0 aliphatic carbocycles. The number of nitrogens with zero attached hydrogens (tertiary/aromatic N) is 1. The van der Waals surface area contributed by atoms with Gasteiger partial charge in [-0.15, -0.1) is 0 Å². The summed E-state index contributed by atoms with van der Waals surface area (Å²) < 4.78 is 9.84. The zero-order valence-corrected chi connectivity index (χ0v) is 10.3. The molecule has 1 aromatic rings. The molecule has 1 unspecified atom stereocenters. The van der Waals surface area contributed by atoms with Crippen LogP contribution in [0.5, 0.6) is 11.5 Å². The molecule has 0 bridgehead atoms. The Morgan fingerprint density at radius 2 is 2.16 bits per heavy atom. The molecule has 1 atom stereocenters. The number of ether oxygens (including phenoxy) is 2. The summed E-state index contributed by atoms with van der Waals surface area (Å²) in [6.07, 6.45) is 0. The highest BCUT2D eigenvalue weighted by Crippen LogP contribution is 2.31. The molecule has 0 saturated heterocycles. The summed E-state index contributed by atoms with van der Waals surface area (Å²) in [6, 6.07) is 3.80. The highest BCUT2D eigenvalue weighted by molar-refractivity contribution is 5.76. The second-order valence-electron chi connectivity index (χ2n) is 3.96. The van der Waals surface area contributed by atoms with E-state index >= 15 is 0 Å². The number of rotatable bonds is 6. The van der Waals surface area contributed by atoms with E-state index in [1.54, 1.807) is 0 Å². The Labute approximate surface area is 108 Å². The third-order valence-corrected chi connectivity index (χ3v) is 2.33. The van der Waals surface area contributed by atoms with Gasteiger partial charge in [-0.2, -0.15) is 0 Å². The summed E-state index contributed by atoms with van der Waals surface area (Å²) in [5.74, 6) is -1.33. The van der Waals surface area contributed by atoms with Crippen LogP contribution in [0, 0.1) is 10.1 Å². The molecule has 8 nitrogen and oxygen atoms in total. The van der Waals surface area contributed by atoms with E-state index in [1.165, 1.54) is 19.2 Å². The fourth-order valence-electron chi connectivity index (χ4n) is 1.19. The van der Waals surface area contributed by atoms with E-state index < -0.39 is 23.1 Å². The summed E-state index contributed by atoms with van der Waals surface area (Å²) in [4.78, 5) is 20.8. The van der Waals surface area contributed by atoms with Gasteiger partial charge in [0, 0.05) is 0 Å². The van der Waals surface area contributed by atoms with Gasteiger partial charge in [-0.25, -0.2) is 4.79 Å². The standard InChI is InChI=1S/C11H13NO7/c1-11(15,10(13)14)6-19-7-3-4-9(18-2)8(5-7)12(16)17/h3-5,15H,6H2,1-2H3,(H,13,14). The van der Waals surface area contributed by atoms with Crippen LogP contribution >= 0.6 is 0 Å². The smallest absolute Gasteiger partial charge is 0.339 e. The van der Waals surface area contributed by atoms with E-state index in [4.69, 9.17) is 14.6 Å². The van der Waals surface area contributed by atoms with Crippen molar-refractivity contribution < 1.29 is 29.4 Å². The van der Waals surface area contributed by atoms with Gasteiger partial charge in [0.1, 0.15) is 12.4 Å². The van der Waals surface area contributed by atoms with Crippen LogP contribution in [0.25, 0.3) is 0 Å². The van der Waals surface area contributed by atoms with Crippen LogP contribution in [-0.4, -0.2) is 40.4 Å². The molecule has 19 heavy (non-hydrogen) atoms. The molecule has 1 aromatic carbocycles. The second kappa shape index (κ2) is 5.53. The second-order valence-corrected chi connectivity index (χ2v) is 3.96.